The number of hydrogen-bond donors (Lipinski definition) is 1. The largest absolute Gasteiger partial charge is 0.369 e. The summed E-state index contributed by atoms with van der Waals surface area (Å²) >= 11 is 3.12. The van der Waals surface area contributed by atoms with E-state index in [-0.39, 0.29) is 17.8 Å². The van der Waals surface area contributed by atoms with Crippen LogP contribution in [0.1, 0.15) is 29.5 Å². The SMILES string of the molecule is CN1C(=O)[C@@H](C2CC2)[C@@](C)(c2ccc(-c3ccc(C#N)s3)s2)N=C1N. The zero-order valence-electron chi connectivity index (χ0n) is 14.0. The fraction of sp³-hybridized carbons (Fsp3) is 0.389. The molecule has 0 spiro atoms. The maximum Gasteiger partial charge on any atom is 0.235 e. The predicted octanol–water partition coefficient (Wildman–Crippen LogP) is 3.38. The number of nitriles is 1. The van der Waals surface area contributed by atoms with Gasteiger partial charge in [0.15, 0.2) is 5.96 Å². The summed E-state index contributed by atoms with van der Waals surface area (Å²) in [6, 6.07) is 10.1. The van der Waals surface area contributed by atoms with E-state index in [9.17, 15) is 4.79 Å². The number of rotatable bonds is 3. The van der Waals surface area contributed by atoms with Gasteiger partial charge >= 0.3 is 0 Å². The Morgan fingerprint density at radius 3 is 2.60 bits per heavy atom. The van der Waals surface area contributed by atoms with Crippen LogP contribution >= 0.6 is 22.7 Å². The molecule has 128 valence electrons. The van der Waals surface area contributed by atoms with Crippen molar-refractivity contribution in [1.82, 2.24) is 4.90 Å². The second-order valence-corrected chi connectivity index (χ2v) is 8.94. The molecule has 25 heavy (non-hydrogen) atoms. The summed E-state index contributed by atoms with van der Waals surface area (Å²) in [5.74, 6) is 0.571. The molecule has 1 aliphatic heterocycles. The Kier molecular flexibility index (Phi) is 3.71. The van der Waals surface area contributed by atoms with Crippen LogP contribution in [0, 0.1) is 23.2 Å². The van der Waals surface area contributed by atoms with E-state index in [1.165, 1.54) is 16.2 Å². The average Bonchev–Trinajstić information content (AvgIpc) is 3.11. The number of thiophene rings is 2. The van der Waals surface area contributed by atoms with Crippen molar-refractivity contribution in [2.24, 2.45) is 22.6 Å². The highest BCUT2D eigenvalue weighted by Gasteiger charge is 2.53. The average molecular weight is 371 g/mol. The monoisotopic (exact) mass is 370 g/mol. The van der Waals surface area contributed by atoms with Crippen LogP contribution in [0.5, 0.6) is 0 Å². The van der Waals surface area contributed by atoms with Crippen molar-refractivity contribution in [3.05, 3.63) is 34.0 Å². The quantitative estimate of drug-likeness (QED) is 0.899. The molecule has 0 saturated heterocycles. The lowest BCUT2D eigenvalue weighted by Gasteiger charge is -2.40. The number of nitrogens with zero attached hydrogens (tertiary/aromatic N) is 3. The Bertz CT molecular complexity index is 918. The highest BCUT2D eigenvalue weighted by atomic mass is 32.1. The molecule has 3 heterocycles. The molecule has 1 saturated carbocycles. The van der Waals surface area contributed by atoms with Gasteiger partial charge in [0.25, 0.3) is 0 Å². The van der Waals surface area contributed by atoms with Gasteiger partial charge in [0, 0.05) is 21.7 Å². The van der Waals surface area contributed by atoms with Gasteiger partial charge in [-0.05, 0) is 49.9 Å². The minimum absolute atomic E-state index is 0.0651. The van der Waals surface area contributed by atoms with Crippen molar-refractivity contribution in [1.29, 1.82) is 5.26 Å². The van der Waals surface area contributed by atoms with E-state index < -0.39 is 5.54 Å². The van der Waals surface area contributed by atoms with Crippen molar-refractivity contribution in [2.75, 3.05) is 7.05 Å². The zero-order chi connectivity index (χ0) is 17.8. The second kappa shape index (κ2) is 5.68. The van der Waals surface area contributed by atoms with Gasteiger partial charge in [0.1, 0.15) is 16.5 Å². The summed E-state index contributed by atoms with van der Waals surface area (Å²) < 4.78 is 0. The molecule has 2 atom stereocenters. The van der Waals surface area contributed by atoms with Gasteiger partial charge in [-0.15, -0.1) is 22.7 Å². The molecule has 2 aromatic heterocycles. The first kappa shape index (κ1) is 16.3. The third-order valence-corrected chi connectivity index (χ3v) is 7.55. The Morgan fingerprint density at radius 1 is 1.28 bits per heavy atom. The van der Waals surface area contributed by atoms with Crippen LogP contribution in [0.4, 0.5) is 0 Å². The van der Waals surface area contributed by atoms with Crippen LogP contribution < -0.4 is 5.73 Å². The number of carbonyl (C=O) groups excluding carboxylic acids is 1. The summed E-state index contributed by atoms with van der Waals surface area (Å²) in [7, 11) is 1.70. The molecule has 2 aromatic rings. The van der Waals surface area contributed by atoms with Crippen LogP contribution in [0.15, 0.2) is 29.3 Å². The standard InChI is InChI=1S/C18H18N4OS2/c1-18(15(10-3-4-10)16(23)22(2)17(20)21-18)14-8-7-13(25-14)12-6-5-11(9-19)24-12/h5-8,10,15H,3-4H2,1-2H3,(H2,20,21)/t15-,18-/m1/s1. The Balaban J connectivity index is 1.76. The summed E-state index contributed by atoms with van der Waals surface area (Å²) in [4.78, 5) is 23.0. The maximum absolute atomic E-state index is 12.9. The number of carbonyl (C=O) groups is 1. The molecule has 0 radical (unpaired) electrons. The van der Waals surface area contributed by atoms with E-state index in [0.29, 0.717) is 10.8 Å². The third kappa shape index (κ3) is 2.57. The molecule has 1 fully saturated rings. The highest BCUT2D eigenvalue weighted by Crippen LogP contribution is 2.52. The number of aliphatic imine (C=N–C) groups is 1. The first-order chi connectivity index (χ1) is 11.9. The Labute approximate surface area is 154 Å². The van der Waals surface area contributed by atoms with Gasteiger partial charge in [-0.2, -0.15) is 5.26 Å². The van der Waals surface area contributed by atoms with Crippen LogP contribution in [-0.4, -0.2) is 23.8 Å². The van der Waals surface area contributed by atoms with Gasteiger partial charge in [-0.25, -0.2) is 4.99 Å². The fourth-order valence-electron chi connectivity index (χ4n) is 3.52. The van der Waals surface area contributed by atoms with Gasteiger partial charge in [0.2, 0.25) is 5.91 Å². The lowest BCUT2D eigenvalue weighted by Crippen LogP contribution is -2.54. The number of amides is 1. The van der Waals surface area contributed by atoms with Crippen molar-refractivity contribution in [3.63, 3.8) is 0 Å². The van der Waals surface area contributed by atoms with E-state index in [4.69, 9.17) is 16.0 Å². The zero-order valence-corrected chi connectivity index (χ0v) is 15.7. The van der Waals surface area contributed by atoms with Crippen molar-refractivity contribution >= 4 is 34.5 Å². The van der Waals surface area contributed by atoms with E-state index in [0.717, 1.165) is 27.5 Å². The molecule has 0 aromatic carbocycles. The van der Waals surface area contributed by atoms with Gasteiger partial charge < -0.3 is 5.73 Å². The maximum atomic E-state index is 12.9. The van der Waals surface area contributed by atoms with Crippen LogP contribution in [-0.2, 0) is 10.3 Å². The molecule has 5 nitrogen and oxygen atoms in total. The molecule has 1 amide bonds. The first-order valence-electron chi connectivity index (χ1n) is 8.17. The smallest absolute Gasteiger partial charge is 0.235 e. The molecule has 4 rings (SSSR count). The summed E-state index contributed by atoms with van der Waals surface area (Å²) in [5.41, 5.74) is 5.41. The van der Waals surface area contributed by atoms with Gasteiger partial charge in [-0.3, -0.25) is 9.69 Å². The van der Waals surface area contributed by atoms with Crippen molar-refractivity contribution in [3.8, 4) is 15.8 Å². The van der Waals surface area contributed by atoms with Crippen LogP contribution in [0.3, 0.4) is 0 Å². The molecule has 0 bridgehead atoms. The van der Waals surface area contributed by atoms with Crippen LogP contribution in [0.25, 0.3) is 9.75 Å². The molecule has 2 aliphatic rings. The molecular weight excluding hydrogens is 352 g/mol. The minimum Gasteiger partial charge on any atom is -0.369 e. The lowest BCUT2D eigenvalue weighted by atomic mass is 9.79. The lowest BCUT2D eigenvalue weighted by molar-refractivity contribution is -0.134. The van der Waals surface area contributed by atoms with Crippen molar-refractivity contribution in [2.45, 2.75) is 25.3 Å². The molecule has 2 N–H and O–H groups in total. The Morgan fingerprint density at radius 2 is 1.96 bits per heavy atom. The Hall–Kier alpha value is -2.17. The van der Waals surface area contributed by atoms with Crippen LogP contribution in [0.2, 0.25) is 0 Å². The normalized spacial score (nSPS) is 26.4. The molecular formula is C18H18N4OS2. The van der Waals surface area contributed by atoms with E-state index in [2.05, 4.69) is 18.2 Å². The van der Waals surface area contributed by atoms with Gasteiger partial charge in [-0.1, -0.05) is 0 Å². The highest BCUT2D eigenvalue weighted by molar-refractivity contribution is 7.22. The topological polar surface area (TPSA) is 82.5 Å². The summed E-state index contributed by atoms with van der Waals surface area (Å²) in [6.07, 6.45) is 2.15. The fourth-order valence-corrected chi connectivity index (χ4v) is 5.55. The number of hydrogen-bond acceptors (Lipinski definition) is 6. The third-order valence-electron chi connectivity index (χ3n) is 5.05. The van der Waals surface area contributed by atoms with E-state index in [1.54, 1.807) is 18.4 Å². The van der Waals surface area contributed by atoms with Gasteiger partial charge in [0.05, 0.1) is 5.92 Å². The van der Waals surface area contributed by atoms with E-state index in [1.807, 2.05) is 19.1 Å². The molecule has 1 aliphatic carbocycles. The van der Waals surface area contributed by atoms with E-state index >= 15 is 0 Å². The molecule has 7 heteroatoms. The summed E-state index contributed by atoms with van der Waals surface area (Å²) in [6.45, 7) is 2.03. The summed E-state index contributed by atoms with van der Waals surface area (Å²) in [5, 5.41) is 9.02. The predicted molar refractivity (Wildman–Crippen MR) is 100 cm³/mol. The molecule has 0 unspecified atom stereocenters. The number of guanidine groups is 1. The van der Waals surface area contributed by atoms with Crippen molar-refractivity contribution < 1.29 is 4.79 Å². The second-order valence-electron chi connectivity index (χ2n) is 6.77. The minimum atomic E-state index is -0.618. The first-order valence-corrected chi connectivity index (χ1v) is 9.81. The number of nitrogens with two attached hydrogens (primary N) is 1.